The summed E-state index contributed by atoms with van der Waals surface area (Å²) in [6, 6.07) is 27.3. The van der Waals surface area contributed by atoms with Crippen molar-refractivity contribution in [3.63, 3.8) is 0 Å². The predicted molar refractivity (Wildman–Crippen MR) is 96.5 cm³/mol. The van der Waals surface area contributed by atoms with Gasteiger partial charge in [0.2, 0.25) is 0 Å². The largest absolute Gasteiger partial charge is 0.363 e. The van der Waals surface area contributed by atoms with Crippen LogP contribution in [0.15, 0.2) is 83.9 Å². The number of anilines is 1. The Hall–Kier alpha value is -2.87. The van der Waals surface area contributed by atoms with Crippen molar-refractivity contribution in [2.75, 3.05) is 4.90 Å². The molecule has 3 aromatic carbocycles. The van der Waals surface area contributed by atoms with Gasteiger partial charge in [-0.2, -0.15) is 0 Å². The van der Waals surface area contributed by atoms with Crippen LogP contribution in [0.2, 0.25) is 0 Å². The van der Waals surface area contributed by atoms with E-state index >= 15 is 0 Å². The summed E-state index contributed by atoms with van der Waals surface area (Å²) in [7, 11) is 0. The van der Waals surface area contributed by atoms with Crippen molar-refractivity contribution in [1.82, 2.24) is 0 Å². The van der Waals surface area contributed by atoms with Crippen LogP contribution in [0.25, 0.3) is 0 Å². The summed E-state index contributed by atoms with van der Waals surface area (Å²) in [5, 5.41) is 0. The van der Waals surface area contributed by atoms with E-state index in [1.807, 2.05) is 24.4 Å². The van der Waals surface area contributed by atoms with E-state index in [1.54, 1.807) is 0 Å². The minimum Gasteiger partial charge on any atom is -0.363 e. The van der Waals surface area contributed by atoms with Crippen molar-refractivity contribution < 1.29 is 0 Å². The molecular formula is C21H18N2. The zero-order valence-electron chi connectivity index (χ0n) is 12.9. The molecule has 0 N–H and O–H groups in total. The molecule has 0 unspecified atom stereocenters. The zero-order valence-corrected chi connectivity index (χ0v) is 12.9. The van der Waals surface area contributed by atoms with Crippen molar-refractivity contribution >= 4 is 17.6 Å². The molecule has 0 amide bonds. The molecule has 1 aliphatic heterocycles. The molecule has 0 aliphatic carbocycles. The second-order valence-corrected chi connectivity index (χ2v) is 5.81. The van der Waals surface area contributed by atoms with E-state index in [0.29, 0.717) is 0 Å². The molecule has 0 saturated carbocycles. The van der Waals surface area contributed by atoms with Crippen molar-refractivity contribution in [3.8, 4) is 0 Å². The first-order chi connectivity index (χ1) is 11.4. The van der Waals surface area contributed by atoms with Gasteiger partial charge in [0.15, 0.2) is 0 Å². The predicted octanol–water partition coefficient (Wildman–Crippen LogP) is 4.96. The van der Waals surface area contributed by atoms with Crippen molar-refractivity contribution in [3.05, 3.63) is 95.6 Å². The Kier molecular flexibility index (Phi) is 3.65. The molecular weight excluding hydrogens is 280 g/mol. The Morgan fingerprint density at radius 1 is 0.696 bits per heavy atom. The number of benzene rings is 3. The van der Waals surface area contributed by atoms with Crippen molar-refractivity contribution in [2.45, 2.75) is 13.1 Å². The Labute approximate surface area is 136 Å². The summed E-state index contributed by atoms with van der Waals surface area (Å²) >= 11 is 0. The third-order valence-electron chi connectivity index (χ3n) is 4.22. The van der Waals surface area contributed by atoms with Gasteiger partial charge >= 0.3 is 0 Å². The van der Waals surface area contributed by atoms with E-state index in [9.17, 15) is 0 Å². The second kappa shape index (κ2) is 6.09. The fourth-order valence-electron chi connectivity index (χ4n) is 2.95. The fraction of sp³-hybridized carbons (Fsp3) is 0.0952. The summed E-state index contributed by atoms with van der Waals surface area (Å²) in [6.45, 7) is 1.98. The molecule has 0 fully saturated rings. The molecule has 3 aromatic rings. The summed E-state index contributed by atoms with van der Waals surface area (Å²) in [6.07, 6.45) is 1.90. The molecule has 0 saturated heterocycles. The smallest absolute Gasteiger partial charge is 0.0631 e. The lowest BCUT2D eigenvalue weighted by Gasteiger charge is -2.17. The van der Waals surface area contributed by atoms with Crippen LogP contribution in [0.5, 0.6) is 0 Å². The van der Waals surface area contributed by atoms with Gasteiger partial charge in [0.05, 0.1) is 5.69 Å². The Bertz CT molecular complexity index is 795. The van der Waals surface area contributed by atoms with Crippen LogP contribution in [-0.2, 0) is 13.1 Å². The molecule has 0 atom stereocenters. The summed E-state index contributed by atoms with van der Waals surface area (Å²) in [5.74, 6) is 0. The number of fused-ring (bicyclic) bond motifs is 1. The second-order valence-electron chi connectivity index (χ2n) is 5.81. The molecule has 2 heteroatoms. The highest BCUT2D eigenvalue weighted by atomic mass is 15.1. The van der Waals surface area contributed by atoms with Gasteiger partial charge in [0.1, 0.15) is 0 Å². The van der Waals surface area contributed by atoms with Gasteiger partial charge in [-0.1, -0.05) is 54.6 Å². The van der Waals surface area contributed by atoms with Gasteiger partial charge in [0.25, 0.3) is 0 Å². The van der Waals surface area contributed by atoms with E-state index in [2.05, 4.69) is 70.6 Å². The first-order valence-electron chi connectivity index (χ1n) is 7.89. The summed E-state index contributed by atoms with van der Waals surface area (Å²) < 4.78 is 0. The van der Waals surface area contributed by atoms with Gasteiger partial charge in [-0.05, 0) is 41.0 Å². The minimum absolute atomic E-state index is 0.981. The van der Waals surface area contributed by atoms with E-state index in [-0.39, 0.29) is 0 Å². The van der Waals surface area contributed by atoms with Crippen LogP contribution in [0.4, 0.5) is 11.4 Å². The maximum atomic E-state index is 4.54. The molecule has 0 aromatic heterocycles. The number of hydrogen-bond donors (Lipinski definition) is 0. The van der Waals surface area contributed by atoms with Gasteiger partial charge in [-0.25, -0.2) is 0 Å². The van der Waals surface area contributed by atoms with E-state index in [1.165, 1.54) is 16.8 Å². The Morgan fingerprint density at radius 2 is 1.30 bits per heavy atom. The average molecular weight is 298 g/mol. The lowest BCUT2D eigenvalue weighted by Crippen LogP contribution is -2.13. The minimum atomic E-state index is 0.981. The molecule has 23 heavy (non-hydrogen) atoms. The van der Waals surface area contributed by atoms with Crippen LogP contribution in [0.1, 0.15) is 16.7 Å². The highest BCUT2D eigenvalue weighted by Crippen LogP contribution is 2.29. The standard InChI is InChI=1S/C21H18N2/c1-2-6-17(7-3-1)14-22-20-10-12-21(13-11-20)23-15-18-8-4-5-9-19(18)16-23/h1-14H,15-16H2. The molecule has 1 heterocycles. The highest BCUT2D eigenvalue weighted by molar-refractivity contribution is 5.81. The van der Waals surface area contributed by atoms with Gasteiger partial charge in [-0.3, -0.25) is 4.99 Å². The van der Waals surface area contributed by atoms with Crippen LogP contribution in [0, 0.1) is 0 Å². The van der Waals surface area contributed by atoms with E-state index in [4.69, 9.17) is 0 Å². The molecule has 112 valence electrons. The third-order valence-corrected chi connectivity index (χ3v) is 4.22. The lowest BCUT2D eigenvalue weighted by molar-refractivity contribution is 0.880. The lowest BCUT2D eigenvalue weighted by atomic mass is 10.1. The van der Waals surface area contributed by atoms with Crippen LogP contribution >= 0.6 is 0 Å². The topological polar surface area (TPSA) is 15.6 Å². The molecule has 2 nitrogen and oxygen atoms in total. The number of hydrogen-bond acceptors (Lipinski definition) is 2. The maximum absolute atomic E-state index is 4.54. The van der Waals surface area contributed by atoms with Crippen LogP contribution in [0.3, 0.4) is 0 Å². The molecule has 0 radical (unpaired) electrons. The third kappa shape index (κ3) is 3.02. The quantitative estimate of drug-likeness (QED) is 0.624. The van der Waals surface area contributed by atoms with Gasteiger partial charge in [0, 0.05) is 25.0 Å². The Morgan fingerprint density at radius 3 is 1.96 bits per heavy atom. The number of aliphatic imine (C=N–C) groups is 1. The highest BCUT2D eigenvalue weighted by Gasteiger charge is 2.18. The van der Waals surface area contributed by atoms with E-state index < -0.39 is 0 Å². The number of rotatable bonds is 3. The summed E-state index contributed by atoms with van der Waals surface area (Å²) in [4.78, 5) is 6.94. The maximum Gasteiger partial charge on any atom is 0.0631 e. The molecule has 0 spiro atoms. The molecule has 0 bridgehead atoms. The fourth-order valence-corrected chi connectivity index (χ4v) is 2.95. The Balaban J connectivity index is 1.48. The van der Waals surface area contributed by atoms with E-state index in [0.717, 1.165) is 24.3 Å². The normalized spacial score (nSPS) is 13.5. The van der Waals surface area contributed by atoms with Crippen LogP contribution in [-0.4, -0.2) is 6.21 Å². The summed E-state index contributed by atoms with van der Waals surface area (Å²) in [5.41, 5.74) is 6.21. The SMILES string of the molecule is C(=Nc1ccc(N2Cc3ccccc3C2)cc1)c1ccccc1. The van der Waals surface area contributed by atoms with Crippen molar-refractivity contribution in [2.24, 2.45) is 4.99 Å². The van der Waals surface area contributed by atoms with Gasteiger partial charge in [-0.15, -0.1) is 0 Å². The molecule has 4 rings (SSSR count). The first-order valence-corrected chi connectivity index (χ1v) is 7.89. The zero-order chi connectivity index (χ0) is 15.5. The van der Waals surface area contributed by atoms with Crippen molar-refractivity contribution in [1.29, 1.82) is 0 Å². The average Bonchev–Trinajstić information content (AvgIpc) is 3.05. The first kappa shape index (κ1) is 13.8. The molecule has 1 aliphatic rings. The number of nitrogens with zero attached hydrogens (tertiary/aromatic N) is 2. The van der Waals surface area contributed by atoms with Gasteiger partial charge < -0.3 is 4.90 Å². The monoisotopic (exact) mass is 298 g/mol. The van der Waals surface area contributed by atoms with Crippen LogP contribution < -0.4 is 4.90 Å².